The van der Waals surface area contributed by atoms with Gasteiger partial charge in [-0.2, -0.15) is 0 Å². The van der Waals surface area contributed by atoms with E-state index >= 15 is 0 Å². The second-order valence-electron chi connectivity index (χ2n) is 4.25. The fourth-order valence-electron chi connectivity index (χ4n) is 2.08. The first-order chi connectivity index (χ1) is 7.92. The van der Waals surface area contributed by atoms with Gasteiger partial charge in [0.25, 0.3) is 0 Å². The van der Waals surface area contributed by atoms with Gasteiger partial charge in [-0.1, -0.05) is 0 Å². The molecule has 0 aliphatic heterocycles. The molecule has 0 spiro atoms. The van der Waals surface area contributed by atoms with Crippen LogP contribution in [0.4, 0.5) is 0 Å². The van der Waals surface area contributed by atoms with Crippen molar-refractivity contribution in [2.75, 3.05) is 0 Å². The van der Waals surface area contributed by atoms with Crippen LogP contribution in [0.1, 0.15) is 32.6 Å². The molecule has 0 aromatic heterocycles. The van der Waals surface area contributed by atoms with E-state index in [0.717, 1.165) is 0 Å². The van der Waals surface area contributed by atoms with E-state index in [2.05, 4.69) is 53.2 Å². The summed E-state index contributed by atoms with van der Waals surface area (Å²) in [5.74, 6) is 0. The van der Waals surface area contributed by atoms with Gasteiger partial charge in [-0.3, -0.25) is 0 Å². The van der Waals surface area contributed by atoms with Crippen LogP contribution in [0.3, 0.4) is 0 Å². The molecule has 0 fully saturated rings. The smallest absolute Gasteiger partial charge is 1.00 e. The minimum absolute atomic E-state index is 0. The summed E-state index contributed by atoms with van der Waals surface area (Å²) in [6, 6.07) is 0. The molecule has 0 bridgehead atoms. The fraction of sp³-hybridized carbons (Fsp3) is 0.333. The Hall–Kier alpha value is -0.127. The molecule has 2 aliphatic carbocycles. The molecule has 2 rings (SSSR count). The van der Waals surface area contributed by atoms with Crippen molar-refractivity contribution >= 4 is 0 Å². The largest absolute Gasteiger partial charge is 1.00 e. The first-order valence-electron chi connectivity index (χ1n) is 6.17. The van der Waals surface area contributed by atoms with Crippen LogP contribution in [0, 0.1) is 0 Å². The summed E-state index contributed by atoms with van der Waals surface area (Å²) < 4.78 is 6.07. The van der Waals surface area contributed by atoms with Crippen LogP contribution in [-0.2, 0) is 21.8 Å². The summed E-state index contributed by atoms with van der Waals surface area (Å²) in [5, 5.41) is 0. The first-order valence-corrected chi connectivity index (χ1v) is 10.0. The monoisotopic (exact) mass is 324 g/mol. The van der Waals surface area contributed by atoms with E-state index in [1.165, 1.54) is 25.7 Å². The topological polar surface area (TPSA) is 0 Å². The number of halogens is 1. The number of hydrogen-bond acceptors (Lipinski definition) is 0. The fourth-order valence-corrected chi connectivity index (χ4v) is 8.15. The zero-order valence-corrected chi connectivity index (χ0v) is 13.5. The second-order valence-corrected chi connectivity index (χ2v) is 10.3. The molecule has 2 heteroatoms. The summed E-state index contributed by atoms with van der Waals surface area (Å²) in [7, 11) is 0. The van der Waals surface area contributed by atoms with E-state index in [0.29, 0.717) is 0 Å². The zero-order valence-electron chi connectivity index (χ0n) is 10.3. The van der Waals surface area contributed by atoms with Crippen molar-refractivity contribution in [2.24, 2.45) is 0 Å². The third-order valence-electron chi connectivity index (χ3n) is 2.97. The molecule has 0 aromatic carbocycles. The Morgan fingerprint density at radius 3 is 2.12 bits per heavy atom. The standard InChI is InChI=1S/2C5H5.C5H9.ClH.Zr/c2*1-2-4-5-3-1;1-3-5-4-2;;/h2*1-3H,4H2;1,3H,4-5H2,2H3;1H;/q;;;;+1/p-1. The molecule has 0 amide bonds. The van der Waals surface area contributed by atoms with E-state index < -0.39 is 21.8 Å². The second kappa shape index (κ2) is 8.06. The predicted octanol–water partition coefficient (Wildman–Crippen LogP) is 1.61. The SMILES string of the molecule is CCC/C=[CH]/[Zr+]([C]1=CC=CC1)[C]1=CC=CC1.[Cl-]. The van der Waals surface area contributed by atoms with E-state index in [-0.39, 0.29) is 12.4 Å². The molecule has 0 nitrogen and oxygen atoms in total. The molecular formula is C15H19ClZr. The normalized spacial score (nSPS) is 17.2. The van der Waals surface area contributed by atoms with Crippen LogP contribution < -0.4 is 12.4 Å². The van der Waals surface area contributed by atoms with Crippen molar-refractivity contribution in [3.05, 3.63) is 52.9 Å². The van der Waals surface area contributed by atoms with E-state index in [9.17, 15) is 0 Å². The minimum atomic E-state index is -1.57. The van der Waals surface area contributed by atoms with Crippen LogP contribution in [-0.4, -0.2) is 0 Å². The summed E-state index contributed by atoms with van der Waals surface area (Å²) in [4.78, 5) is 0. The van der Waals surface area contributed by atoms with Crippen LogP contribution in [0.2, 0.25) is 0 Å². The van der Waals surface area contributed by atoms with Gasteiger partial charge < -0.3 is 12.4 Å². The van der Waals surface area contributed by atoms with Crippen LogP contribution in [0.5, 0.6) is 0 Å². The molecule has 0 radical (unpaired) electrons. The van der Waals surface area contributed by atoms with Gasteiger partial charge in [0.1, 0.15) is 0 Å². The van der Waals surface area contributed by atoms with Crippen LogP contribution in [0.15, 0.2) is 52.9 Å². The molecule has 17 heavy (non-hydrogen) atoms. The van der Waals surface area contributed by atoms with Crippen molar-refractivity contribution in [3.8, 4) is 0 Å². The molecule has 0 aromatic rings. The maximum Gasteiger partial charge on any atom is -1.00 e. The summed E-state index contributed by atoms with van der Waals surface area (Å²) in [6.45, 7) is 2.25. The average molecular weight is 326 g/mol. The number of allylic oxidation sites excluding steroid dienone is 9. The van der Waals surface area contributed by atoms with E-state index in [1.54, 1.807) is 6.56 Å². The van der Waals surface area contributed by atoms with E-state index in [1.807, 2.05) is 0 Å². The minimum Gasteiger partial charge on any atom is -1.00 e. The molecule has 0 unspecified atom stereocenters. The molecule has 0 N–H and O–H groups in total. The zero-order chi connectivity index (χ0) is 11.2. The van der Waals surface area contributed by atoms with E-state index in [4.69, 9.17) is 0 Å². The number of rotatable bonds is 5. The molecule has 0 atom stereocenters. The molecule has 0 saturated carbocycles. The number of unbranched alkanes of at least 4 members (excludes halogenated alkanes) is 1. The van der Waals surface area contributed by atoms with Crippen LogP contribution in [0.25, 0.3) is 0 Å². The maximum absolute atomic E-state index is 2.59. The Bertz CT molecular complexity index is 356. The van der Waals surface area contributed by atoms with Gasteiger partial charge >= 0.3 is 107 Å². The molecule has 90 valence electrons. The average Bonchev–Trinajstić information content (AvgIpc) is 2.97. The van der Waals surface area contributed by atoms with Crippen molar-refractivity contribution in [1.82, 2.24) is 0 Å². The quantitative estimate of drug-likeness (QED) is 0.720. The van der Waals surface area contributed by atoms with Gasteiger partial charge in [-0.15, -0.1) is 0 Å². The Balaban J connectivity index is 0.00000144. The van der Waals surface area contributed by atoms with Crippen molar-refractivity contribution in [3.63, 3.8) is 0 Å². The first kappa shape index (κ1) is 14.9. The Labute approximate surface area is 119 Å². The van der Waals surface area contributed by atoms with Gasteiger partial charge in [0.05, 0.1) is 0 Å². The molecule has 2 aliphatic rings. The van der Waals surface area contributed by atoms with Crippen molar-refractivity contribution in [1.29, 1.82) is 0 Å². The van der Waals surface area contributed by atoms with Gasteiger partial charge in [-0.25, -0.2) is 0 Å². The third kappa shape index (κ3) is 4.23. The van der Waals surface area contributed by atoms with Crippen LogP contribution >= 0.6 is 0 Å². The van der Waals surface area contributed by atoms with Gasteiger partial charge in [-0.05, 0) is 0 Å². The molecule has 0 saturated heterocycles. The Morgan fingerprint density at radius 1 is 1.12 bits per heavy atom. The molecule has 0 heterocycles. The van der Waals surface area contributed by atoms with Crippen molar-refractivity contribution < 1.29 is 34.2 Å². The van der Waals surface area contributed by atoms with Gasteiger partial charge in [0, 0.05) is 0 Å². The Kier molecular flexibility index (Phi) is 7.08. The third-order valence-corrected chi connectivity index (χ3v) is 9.60. The summed E-state index contributed by atoms with van der Waals surface area (Å²) in [5.41, 5.74) is 0. The van der Waals surface area contributed by atoms with Gasteiger partial charge in [0.15, 0.2) is 0 Å². The predicted molar refractivity (Wildman–Crippen MR) is 67.7 cm³/mol. The molecular weight excluding hydrogens is 307 g/mol. The Morgan fingerprint density at radius 2 is 1.71 bits per heavy atom. The van der Waals surface area contributed by atoms with Crippen molar-refractivity contribution in [2.45, 2.75) is 32.6 Å². The summed E-state index contributed by atoms with van der Waals surface area (Å²) in [6.07, 6.45) is 21.1. The number of hydrogen-bond donors (Lipinski definition) is 0. The van der Waals surface area contributed by atoms with Gasteiger partial charge in [0.2, 0.25) is 0 Å². The summed E-state index contributed by atoms with van der Waals surface area (Å²) >= 11 is -1.57. The maximum atomic E-state index is 2.59.